The molecule has 9 rings (SSSR count). The Hall–Kier alpha value is -3.48. The van der Waals surface area contributed by atoms with Gasteiger partial charge in [0.15, 0.2) is 0 Å². The van der Waals surface area contributed by atoms with E-state index in [2.05, 4.69) is 89.4 Å². The van der Waals surface area contributed by atoms with Gasteiger partial charge in [0.05, 0.1) is 23.1 Å². The second-order valence-corrected chi connectivity index (χ2v) is 14.5. The first-order chi connectivity index (χ1) is 20.9. The number of fused-ring (bicyclic) bond motifs is 7. The van der Waals surface area contributed by atoms with Crippen molar-refractivity contribution in [1.82, 2.24) is 20.6 Å². The van der Waals surface area contributed by atoms with Crippen molar-refractivity contribution in [2.24, 2.45) is 11.8 Å². The van der Waals surface area contributed by atoms with E-state index < -0.39 is 0 Å². The lowest BCUT2D eigenvalue weighted by molar-refractivity contribution is -0.119. The Labute approximate surface area is 253 Å². The van der Waals surface area contributed by atoms with Gasteiger partial charge in [-0.1, -0.05) is 51.0 Å². The van der Waals surface area contributed by atoms with Gasteiger partial charge in [0.2, 0.25) is 5.91 Å². The summed E-state index contributed by atoms with van der Waals surface area (Å²) in [5.41, 5.74) is 10.5. The van der Waals surface area contributed by atoms with Crippen LogP contribution in [0, 0.1) is 11.8 Å². The summed E-state index contributed by atoms with van der Waals surface area (Å²) in [4.78, 5) is 21.8. The lowest BCUT2D eigenvalue weighted by Crippen LogP contribution is -2.44. The molecule has 4 aromatic rings. The molecule has 2 saturated heterocycles. The highest BCUT2D eigenvalue weighted by Gasteiger charge is 2.43. The first kappa shape index (κ1) is 26.0. The number of nitrogens with zero attached hydrogens (tertiary/aromatic N) is 1. The molecule has 0 radical (unpaired) electrons. The average Bonchev–Trinajstić information content (AvgIpc) is 3.85. The van der Waals surface area contributed by atoms with E-state index in [-0.39, 0.29) is 17.4 Å². The molecule has 3 heterocycles. The molecule has 2 bridgehead atoms. The van der Waals surface area contributed by atoms with Gasteiger partial charge in [-0.2, -0.15) is 0 Å². The summed E-state index contributed by atoms with van der Waals surface area (Å²) in [5, 5.41) is 10.6. The van der Waals surface area contributed by atoms with E-state index in [1.165, 1.54) is 71.9 Å². The first-order valence-corrected chi connectivity index (χ1v) is 16.5. The molecule has 2 aliphatic heterocycles. The fourth-order valence-electron chi connectivity index (χ4n) is 9.27. The third kappa shape index (κ3) is 4.13. The summed E-state index contributed by atoms with van der Waals surface area (Å²) in [6.07, 6.45) is 10.1. The summed E-state index contributed by atoms with van der Waals surface area (Å²) >= 11 is 0. The summed E-state index contributed by atoms with van der Waals surface area (Å²) in [5.74, 6) is 2.48. The third-order valence-electron chi connectivity index (χ3n) is 11.6. The summed E-state index contributed by atoms with van der Waals surface area (Å²) in [7, 11) is 0. The molecule has 6 atom stereocenters. The second-order valence-electron chi connectivity index (χ2n) is 14.5. The molecule has 3 aliphatic carbocycles. The third-order valence-corrected chi connectivity index (χ3v) is 11.6. The maximum Gasteiger partial charge on any atom is 0.241 e. The number of hydrogen-bond donors (Lipinski definition) is 4. The van der Waals surface area contributed by atoms with Crippen LogP contribution in [0.2, 0.25) is 0 Å². The van der Waals surface area contributed by atoms with Crippen molar-refractivity contribution in [3.63, 3.8) is 0 Å². The topological polar surface area (TPSA) is 81.8 Å². The molecule has 2 saturated carbocycles. The van der Waals surface area contributed by atoms with Crippen LogP contribution >= 0.6 is 0 Å². The molecule has 1 aromatic heterocycles. The lowest BCUT2D eigenvalue weighted by Gasteiger charge is -2.24. The minimum absolute atomic E-state index is 0.0540. The highest BCUT2D eigenvalue weighted by atomic mass is 16.2. The molecule has 6 nitrogen and oxygen atoms in total. The molecule has 4 fully saturated rings. The molecule has 1 amide bonds. The number of H-pyrrole nitrogens is 1. The van der Waals surface area contributed by atoms with E-state index in [1.807, 2.05) is 0 Å². The van der Waals surface area contributed by atoms with Gasteiger partial charge in [-0.15, -0.1) is 0 Å². The molecule has 2 unspecified atom stereocenters. The first-order valence-electron chi connectivity index (χ1n) is 16.5. The predicted octanol–water partition coefficient (Wildman–Crippen LogP) is 7.21. The van der Waals surface area contributed by atoms with Gasteiger partial charge in [-0.3, -0.25) is 4.79 Å². The number of amides is 1. The van der Waals surface area contributed by atoms with Crippen molar-refractivity contribution < 1.29 is 4.79 Å². The van der Waals surface area contributed by atoms with Gasteiger partial charge in [0, 0.05) is 23.2 Å². The molecule has 43 heavy (non-hydrogen) atoms. The molecular weight excluding hydrogens is 530 g/mol. The Morgan fingerprint density at radius 2 is 1.63 bits per heavy atom. The van der Waals surface area contributed by atoms with Crippen LogP contribution in [0.3, 0.4) is 0 Å². The molecule has 220 valence electrons. The van der Waals surface area contributed by atoms with Gasteiger partial charge in [-0.05, 0) is 114 Å². The number of imidazole rings is 1. The fraction of sp³-hybridized carbons (Fsp3) is 0.459. The maximum atomic E-state index is 13.1. The van der Waals surface area contributed by atoms with E-state index in [1.54, 1.807) is 0 Å². The number of anilines is 1. The van der Waals surface area contributed by atoms with E-state index in [9.17, 15) is 4.79 Å². The monoisotopic (exact) mass is 571 g/mol. The zero-order valence-corrected chi connectivity index (χ0v) is 25.2. The standard InChI is InChI=1S/C37H41N5O/c1-37(2)28-16-20(21-9-14-31-32(17-21)42-35(41-31)33-18-22-5-3-4-6-30(22)40-33)8-12-26(28)27-13-11-25(19-29(27)37)39-36(43)34-23-7-10-24(15-23)38-34/h8-9,11-14,16-17,19,22-24,30,33-34,38,40H,3-7,10,15,18H2,1-2H3,(H,39,43)(H,41,42)/t22?,23-,24+,30?,33-,34-/m0/s1. The van der Waals surface area contributed by atoms with E-state index in [0.717, 1.165) is 41.3 Å². The van der Waals surface area contributed by atoms with E-state index in [0.29, 0.717) is 24.0 Å². The van der Waals surface area contributed by atoms with Crippen LogP contribution in [0.1, 0.15) is 88.2 Å². The van der Waals surface area contributed by atoms with Crippen LogP contribution in [0.25, 0.3) is 33.3 Å². The smallest absolute Gasteiger partial charge is 0.241 e. The van der Waals surface area contributed by atoms with Crippen molar-refractivity contribution >= 4 is 22.6 Å². The van der Waals surface area contributed by atoms with E-state index in [4.69, 9.17) is 4.98 Å². The lowest BCUT2D eigenvalue weighted by atomic mass is 9.81. The number of hydrogen-bond acceptors (Lipinski definition) is 4. The van der Waals surface area contributed by atoms with Crippen molar-refractivity contribution in [2.75, 3.05) is 5.32 Å². The van der Waals surface area contributed by atoms with Crippen molar-refractivity contribution in [3.8, 4) is 22.3 Å². The van der Waals surface area contributed by atoms with Gasteiger partial charge < -0.3 is 20.9 Å². The largest absolute Gasteiger partial charge is 0.341 e. The molecule has 0 spiro atoms. The highest BCUT2D eigenvalue weighted by Crippen LogP contribution is 2.50. The summed E-state index contributed by atoms with van der Waals surface area (Å²) < 4.78 is 0. The zero-order valence-electron chi connectivity index (χ0n) is 25.2. The Morgan fingerprint density at radius 3 is 2.44 bits per heavy atom. The van der Waals surface area contributed by atoms with Crippen molar-refractivity contribution in [2.45, 2.75) is 94.8 Å². The van der Waals surface area contributed by atoms with Crippen molar-refractivity contribution in [1.29, 1.82) is 0 Å². The van der Waals surface area contributed by atoms with Crippen LogP contribution in [0.4, 0.5) is 5.69 Å². The predicted molar refractivity (Wildman–Crippen MR) is 172 cm³/mol. The van der Waals surface area contributed by atoms with Crippen LogP contribution < -0.4 is 16.0 Å². The Balaban J connectivity index is 0.978. The number of aromatic nitrogens is 2. The van der Waals surface area contributed by atoms with Crippen LogP contribution in [0.15, 0.2) is 54.6 Å². The van der Waals surface area contributed by atoms with Gasteiger partial charge in [0.1, 0.15) is 5.82 Å². The summed E-state index contributed by atoms with van der Waals surface area (Å²) in [6, 6.07) is 21.5. The highest BCUT2D eigenvalue weighted by molar-refractivity contribution is 5.96. The molecule has 4 N–H and O–H groups in total. The van der Waals surface area contributed by atoms with Crippen LogP contribution in [0.5, 0.6) is 0 Å². The maximum absolute atomic E-state index is 13.1. The number of carbonyl (C=O) groups excluding carboxylic acids is 1. The SMILES string of the molecule is CC1(C)c2cc(NC(=O)[C@H]3N[C@@H]4CC[C@H]3C4)ccc2-c2ccc(-c3ccc4nc([C@@H]5CC6CCCCC6N5)[nH]c4c3)cc21. The normalized spacial score (nSPS) is 29.9. The Kier molecular flexibility index (Phi) is 5.74. The number of rotatable bonds is 4. The minimum Gasteiger partial charge on any atom is -0.341 e. The molecular formula is C37H41N5O. The average molecular weight is 572 g/mol. The second kappa shape index (κ2) is 9.51. The Bertz CT molecular complexity index is 1760. The Morgan fingerprint density at radius 1 is 0.837 bits per heavy atom. The molecule has 6 heteroatoms. The van der Waals surface area contributed by atoms with Gasteiger partial charge in [-0.25, -0.2) is 4.98 Å². The number of nitrogens with one attached hydrogen (secondary N) is 4. The van der Waals surface area contributed by atoms with E-state index >= 15 is 0 Å². The quantitative estimate of drug-likeness (QED) is 0.209. The van der Waals surface area contributed by atoms with Crippen molar-refractivity contribution in [3.05, 3.63) is 71.5 Å². The van der Waals surface area contributed by atoms with Crippen LogP contribution in [-0.4, -0.2) is 34.0 Å². The number of carbonyl (C=O) groups is 1. The molecule has 5 aliphatic rings. The number of benzene rings is 3. The van der Waals surface area contributed by atoms with Gasteiger partial charge in [0.25, 0.3) is 0 Å². The van der Waals surface area contributed by atoms with Gasteiger partial charge >= 0.3 is 0 Å². The van der Waals surface area contributed by atoms with Crippen LogP contribution in [-0.2, 0) is 10.2 Å². The fourth-order valence-corrected chi connectivity index (χ4v) is 9.27. The number of aromatic amines is 1. The minimum atomic E-state index is -0.164. The number of piperidine rings is 1. The zero-order chi connectivity index (χ0) is 28.9. The summed E-state index contributed by atoms with van der Waals surface area (Å²) in [6.45, 7) is 4.61. The molecule has 3 aromatic carbocycles.